The van der Waals surface area contributed by atoms with Gasteiger partial charge in [-0.15, -0.1) is 0 Å². The van der Waals surface area contributed by atoms with Gasteiger partial charge in [-0.3, -0.25) is 9.78 Å². The molecule has 0 spiro atoms. The topological polar surface area (TPSA) is 63.6 Å². The third kappa shape index (κ3) is 4.05. The third-order valence-electron chi connectivity index (χ3n) is 4.47. The van der Waals surface area contributed by atoms with Crippen LogP contribution in [0.5, 0.6) is 0 Å². The number of oxime groups is 1. The Kier molecular flexibility index (Phi) is 5.12. The number of pyridine rings is 1. The van der Waals surface area contributed by atoms with E-state index in [2.05, 4.69) is 48.4 Å². The Morgan fingerprint density at radius 3 is 2.72 bits per heavy atom. The predicted molar refractivity (Wildman–Crippen MR) is 97.6 cm³/mol. The highest BCUT2D eigenvalue weighted by molar-refractivity contribution is 6.03. The van der Waals surface area contributed by atoms with Gasteiger partial charge in [-0.1, -0.05) is 22.9 Å². The number of carbonyl (C=O) groups excluding carboxylic acids is 1. The van der Waals surface area contributed by atoms with E-state index >= 15 is 0 Å². The summed E-state index contributed by atoms with van der Waals surface area (Å²) in [7, 11) is 0. The van der Waals surface area contributed by atoms with Crippen LogP contribution in [-0.4, -0.2) is 29.3 Å². The van der Waals surface area contributed by atoms with Crippen molar-refractivity contribution in [2.24, 2.45) is 5.16 Å². The fourth-order valence-corrected chi connectivity index (χ4v) is 3.25. The van der Waals surface area contributed by atoms with E-state index < -0.39 is 6.10 Å². The minimum Gasteiger partial charge on any atom is -0.382 e. The zero-order chi connectivity index (χ0) is 17.8. The van der Waals surface area contributed by atoms with E-state index in [0.717, 1.165) is 17.7 Å². The number of hydrogen-bond donors (Lipinski definition) is 1. The highest BCUT2D eigenvalue weighted by Gasteiger charge is 2.28. The largest absolute Gasteiger partial charge is 0.382 e. The normalized spacial score (nSPS) is 16.3. The van der Waals surface area contributed by atoms with Crippen molar-refractivity contribution in [2.45, 2.75) is 39.7 Å². The summed E-state index contributed by atoms with van der Waals surface area (Å²) in [4.78, 5) is 21.7. The van der Waals surface area contributed by atoms with Crippen molar-refractivity contribution in [3.63, 3.8) is 0 Å². The maximum Gasteiger partial charge on any atom is 0.264 e. The lowest BCUT2D eigenvalue weighted by Crippen LogP contribution is -2.36. The predicted octanol–water partition coefficient (Wildman–Crippen LogP) is 2.86. The Bertz CT molecular complexity index is 777. The molecular formula is C20H23N3O2. The second-order valence-corrected chi connectivity index (χ2v) is 6.50. The van der Waals surface area contributed by atoms with Crippen LogP contribution in [0.1, 0.15) is 34.2 Å². The van der Waals surface area contributed by atoms with Crippen molar-refractivity contribution in [3.05, 3.63) is 64.5 Å². The molecule has 3 rings (SSSR count). The number of rotatable bonds is 5. The quantitative estimate of drug-likeness (QED) is 0.912. The Labute approximate surface area is 148 Å². The van der Waals surface area contributed by atoms with Crippen LogP contribution in [0, 0.1) is 20.8 Å². The number of aryl methyl sites for hydroxylation is 3. The van der Waals surface area contributed by atoms with Crippen molar-refractivity contribution in [1.29, 1.82) is 0 Å². The maximum atomic E-state index is 12.3. The molecule has 25 heavy (non-hydrogen) atoms. The van der Waals surface area contributed by atoms with Crippen molar-refractivity contribution < 1.29 is 9.63 Å². The molecule has 1 amide bonds. The van der Waals surface area contributed by atoms with Crippen LogP contribution < -0.4 is 5.32 Å². The van der Waals surface area contributed by atoms with Gasteiger partial charge in [0.1, 0.15) is 0 Å². The van der Waals surface area contributed by atoms with Crippen LogP contribution in [0.25, 0.3) is 0 Å². The lowest BCUT2D eigenvalue weighted by atomic mass is 9.97. The van der Waals surface area contributed by atoms with E-state index in [1.54, 1.807) is 12.4 Å². The molecule has 5 heteroatoms. The first kappa shape index (κ1) is 17.1. The molecule has 0 fully saturated rings. The number of hydrogen-bond acceptors (Lipinski definition) is 4. The van der Waals surface area contributed by atoms with Gasteiger partial charge in [0.2, 0.25) is 6.10 Å². The van der Waals surface area contributed by atoms with Crippen molar-refractivity contribution in [2.75, 3.05) is 6.54 Å². The van der Waals surface area contributed by atoms with Crippen molar-refractivity contribution >= 4 is 11.6 Å². The number of nitrogens with one attached hydrogen (secondary N) is 1. The summed E-state index contributed by atoms with van der Waals surface area (Å²) >= 11 is 0. The van der Waals surface area contributed by atoms with Crippen LogP contribution in [0.15, 0.2) is 41.8 Å². The molecule has 1 atom stereocenters. The van der Waals surface area contributed by atoms with Crippen molar-refractivity contribution in [1.82, 2.24) is 10.3 Å². The average molecular weight is 337 g/mol. The first-order chi connectivity index (χ1) is 12.0. The number of nitrogens with zero attached hydrogens (tertiary/aromatic N) is 2. The van der Waals surface area contributed by atoms with E-state index in [4.69, 9.17) is 4.84 Å². The highest BCUT2D eigenvalue weighted by atomic mass is 16.6. The van der Waals surface area contributed by atoms with E-state index in [9.17, 15) is 4.79 Å². The van der Waals surface area contributed by atoms with E-state index in [1.165, 1.54) is 22.3 Å². The Balaban J connectivity index is 1.51. The molecule has 1 aromatic carbocycles. The van der Waals surface area contributed by atoms with Gasteiger partial charge in [0, 0.05) is 30.9 Å². The van der Waals surface area contributed by atoms with Crippen LogP contribution in [0.3, 0.4) is 0 Å². The molecule has 2 aromatic rings. The molecule has 1 N–H and O–H groups in total. The molecule has 0 saturated heterocycles. The fraction of sp³-hybridized carbons (Fsp3) is 0.350. The SMILES string of the molecule is Cc1cc(C)c(CCNC(=O)C2CC(c3cccnc3)=NO2)c(C)c1. The van der Waals surface area contributed by atoms with Gasteiger partial charge >= 0.3 is 0 Å². The molecule has 130 valence electrons. The number of aromatic nitrogens is 1. The summed E-state index contributed by atoms with van der Waals surface area (Å²) in [5, 5.41) is 6.99. The molecule has 1 aromatic heterocycles. The molecule has 1 aliphatic rings. The van der Waals surface area contributed by atoms with Crippen LogP contribution >= 0.6 is 0 Å². The van der Waals surface area contributed by atoms with Crippen LogP contribution in [0.2, 0.25) is 0 Å². The Morgan fingerprint density at radius 2 is 2.04 bits per heavy atom. The summed E-state index contributed by atoms with van der Waals surface area (Å²) in [5.41, 5.74) is 6.76. The second-order valence-electron chi connectivity index (χ2n) is 6.50. The first-order valence-corrected chi connectivity index (χ1v) is 8.52. The zero-order valence-electron chi connectivity index (χ0n) is 14.9. The first-order valence-electron chi connectivity index (χ1n) is 8.52. The monoisotopic (exact) mass is 337 g/mol. The fourth-order valence-electron chi connectivity index (χ4n) is 3.25. The number of benzene rings is 1. The molecule has 0 radical (unpaired) electrons. The smallest absolute Gasteiger partial charge is 0.264 e. The number of carbonyl (C=O) groups is 1. The van der Waals surface area contributed by atoms with E-state index in [0.29, 0.717) is 13.0 Å². The number of amides is 1. The van der Waals surface area contributed by atoms with Gasteiger partial charge in [0.05, 0.1) is 5.71 Å². The van der Waals surface area contributed by atoms with Gasteiger partial charge in [0.15, 0.2) is 0 Å². The molecule has 2 heterocycles. The zero-order valence-corrected chi connectivity index (χ0v) is 14.9. The van der Waals surface area contributed by atoms with Gasteiger partial charge in [0.25, 0.3) is 5.91 Å². The average Bonchev–Trinajstić information content (AvgIpc) is 3.08. The Morgan fingerprint density at radius 1 is 1.28 bits per heavy atom. The lowest BCUT2D eigenvalue weighted by molar-refractivity contribution is -0.131. The van der Waals surface area contributed by atoms with Crippen LogP contribution in [-0.2, 0) is 16.1 Å². The van der Waals surface area contributed by atoms with Crippen LogP contribution in [0.4, 0.5) is 0 Å². The van der Waals surface area contributed by atoms with Gasteiger partial charge in [-0.2, -0.15) is 0 Å². The lowest BCUT2D eigenvalue weighted by Gasteiger charge is -2.13. The molecule has 5 nitrogen and oxygen atoms in total. The summed E-state index contributed by atoms with van der Waals surface area (Å²) in [6, 6.07) is 8.12. The summed E-state index contributed by atoms with van der Waals surface area (Å²) in [5.74, 6) is -0.120. The van der Waals surface area contributed by atoms with E-state index in [1.807, 2.05) is 12.1 Å². The summed E-state index contributed by atoms with van der Waals surface area (Å²) in [6.07, 6.45) is 4.16. The minimum absolute atomic E-state index is 0.120. The Hall–Kier alpha value is -2.69. The van der Waals surface area contributed by atoms with Gasteiger partial charge in [-0.25, -0.2) is 0 Å². The second kappa shape index (κ2) is 7.47. The van der Waals surface area contributed by atoms with Crippen molar-refractivity contribution in [3.8, 4) is 0 Å². The molecule has 0 saturated carbocycles. The third-order valence-corrected chi connectivity index (χ3v) is 4.47. The highest BCUT2D eigenvalue weighted by Crippen LogP contribution is 2.18. The molecule has 0 aliphatic carbocycles. The minimum atomic E-state index is -0.560. The standard InChI is InChI=1S/C20H23N3O2/c1-13-9-14(2)17(15(3)10-13)6-8-22-20(24)19-11-18(23-25-19)16-5-4-7-21-12-16/h4-5,7,9-10,12,19H,6,8,11H2,1-3H3,(H,22,24). The maximum absolute atomic E-state index is 12.3. The summed E-state index contributed by atoms with van der Waals surface area (Å²) < 4.78 is 0. The van der Waals surface area contributed by atoms with Gasteiger partial charge < -0.3 is 10.2 Å². The molecule has 1 aliphatic heterocycles. The molecule has 0 bridgehead atoms. The summed E-state index contributed by atoms with van der Waals surface area (Å²) in [6.45, 7) is 6.92. The molecule has 1 unspecified atom stereocenters. The van der Waals surface area contributed by atoms with E-state index in [-0.39, 0.29) is 5.91 Å². The molecular weight excluding hydrogens is 314 g/mol. The van der Waals surface area contributed by atoms with Gasteiger partial charge in [-0.05, 0) is 56.0 Å².